The van der Waals surface area contributed by atoms with Crippen LogP contribution >= 0.6 is 11.6 Å². The summed E-state index contributed by atoms with van der Waals surface area (Å²) in [5, 5.41) is -0.693. The Kier molecular flexibility index (Phi) is 4.63. The first kappa shape index (κ1) is 12.1. The minimum atomic E-state index is -0.693. The van der Waals surface area contributed by atoms with Gasteiger partial charge in [-0.25, -0.2) is 0 Å². The highest BCUT2D eigenvalue weighted by Crippen LogP contribution is 2.25. The maximum Gasteiger partial charge on any atom is 0.328 e. The van der Waals surface area contributed by atoms with Crippen LogP contribution in [0.25, 0.3) is 0 Å². The Bertz CT molecular complexity index is 336. The second-order valence-corrected chi connectivity index (χ2v) is 3.60. The highest BCUT2D eigenvalue weighted by Gasteiger charge is 2.20. The van der Waals surface area contributed by atoms with Gasteiger partial charge in [-0.05, 0) is 24.5 Å². The van der Waals surface area contributed by atoms with E-state index in [1.54, 1.807) is 6.92 Å². The van der Waals surface area contributed by atoms with Gasteiger partial charge >= 0.3 is 5.97 Å². The molecule has 1 rings (SSSR count). The molecule has 0 bridgehead atoms. The summed E-state index contributed by atoms with van der Waals surface area (Å²) in [5.41, 5.74) is 1.94. The fourth-order valence-electron chi connectivity index (χ4n) is 1.45. The fourth-order valence-corrected chi connectivity index (χ4v) is 1.72. The molecule has 82 valence electrons. The van der Waals surface area contributed by atoms with Gasteiger partial charge in [-0.2, -0.15) is 0 Å². The van der Waals surface area contributed by atoms with Crippen molar-refractivity contribution in [2.24, 2.45) is 0 Å². The zero-order valence-corrected chi connectivity index (χ0v) is 9.75. The van der Waals surface area contributed by atoms with Gasteiger partial charge in [-0.1, -0.05) is 31.2 Å². The van der Waals surface area contributed by atoms with E-state index in [9.17, 15) is 4.79 Å². The van der Waals surface area contributed by atoms with Crippen molar-refractivity contribution in [3.8, 4) is 0 Å². The second kappa shape index (κ2) is 5.76. The zero-order chi connectivity index (χ0) is 11.3. The van der Waals surface area contributed by atoms with Crippen LogP contribution in [-0.2, 0) is 16.0 Å². The molecule has 0 aliphatic carbocycles. The first-order chi connectivity index (χ1) is 7.20. The number of carbonyl (C=O) groups excluding carboxylic acids is 1. The lowest BCUT2D eigenvalue weighted by Crippen LogP contribution is -2.12. The third kappa shape index (κ3) is 2.96. The molecule has 1 aromatic carbocycles. The molecule has 0 spiro atoms. The van der Waals surface area contributed by atoms with Crippen molar-refractivity contribution in [3.05, 3.63) is 35.4 Å². The van der Waals surface area contributed by atoms with Gasteiger partial charge in [0, 0.05) is 0 Å². The molecule has 0 N–H and O–H groups in total. The third-order valence-corrected chi connectivity index (χ3v) is 2.62. The van der Waals surface area contributed by atoms with Crippen LogP contribution in [0, 0.1) is 0 Å². The summed E-state index contributed by atoms with van der Waals surface area (Å²) < 4.78 is 4.89. The van der Waals surface area contributed by atoms with Crippen LogP contribution in [0.5, 0.6) is 0 Å². The Morgan fingerprint density at radius 2 is 2.07 bits per heavy atom. The Morgan fingerprint density at radius 1 is 1.40 bits per heavy atom. The van der Waals surface area contributed by atoms with E-state index in [0.717, 1.165) is 17.5 Å². The highest BCUT2D eigenvalue weighted by molar-refractivity contribution is 6.30. The number of halogens is 1. The van der Waals surface area contributed by atoms with E-state index in [0.29, 0.717) is 6.61 Å². The normalized spacial score (nSPS) is 12.2. The molecule has 0 fully saturated rings. The number of hydrogen-bond acceptors (Lipinski definition) is 2. The molecule has 0 aliphatic heterocycles. The van der Waals surface area contributed by atoms with Crippen LogP contribution in [0.2, 0.25) is 0 Å². The topological polar surface area (TPSA) is 26.3 Å². The minimum Gasteiger partial charge on any atom is -0.465 e. The van der Waals surface area contributed by atoms with Crippen molar-refractivity contribution >= 4 is 17.6 Å². The zero-order valence-electron chi connectivity index (χ0n) is 9.00. The van der Waals surface area contributed by atoms with Gasteiger partial charge in [0.1, 0.15) is 0 Å². The molecule has 0 amide bonds. The molecule has 0 saturated heterocycles. The summed E-state index contributed by atoms with van der Waals surface area (Å²) in [4.78, 5) is 11.5. The molecule has 1 aromatic rings. The van der Waals surface area contributed by atoms with E-state index in [1.165, 1.54) is 0 Å². The van der Waals surface area contributed by atoms with Crippen molar-refractivity contribution in [1.29, 1.82) is 0 Å². The van der Waals surface area contributed by atoms with E-state index in [1.807, 2.05) is 31.2 Å². The lowest BCUT2D eigenvalue weighted by atomic mass is 10.0. The van der Waals surface area contributed by atoms with Crippen LogP contribution in [0.15, 0.2) is 24.3 Å². The van der Waals surface area contributed by atoms with Crippen molar-refractivity contribution in [1.82, 2.24) is 0 Å². The molecule has 0 aromatic heterocycles. The summed E-state index contributed by atoms with van der Waals surface area (Å²) in [7, 11) is 0. The Morgan fingerprint density at radius 3 is 2.67 bits per heavy atom. The number of benzene rings is 1. The van der Waals surface area contributed by atoms with Crippen molar-refractivity contribution < 1.29 is 9.53 Å². The Hall–Kier alpha value is -1.02. The molecule has 1 unspecified atom stereocenters. The van der Waals surface area contributed by atoms with E-state index in [2.05, 4.69) is 0 Å². The van der Waals surface area contributed by atoms with Crippen LogP contribution in [0.1, 0.15) is 30.4 Å². The number of carbonyl (C=O) groups is 1. The van der Waals surface area contributed by atoms with Crippen LogP contribution in [0.4, 0.5) is 0 Å². The monoisotopic (exact) mass is 226 g/mol. The molecule has 0 saturated carbocycles. The summed E-state index contributed by atoms with van der Waals surface area (Å²) in [6.45, 7) is 4.16. The van der Waals surface area contributed by atoms with Crippen molar-refractivity contribution in [2.45, 2.75) is 25.6 Å². The average molecular weight is 227 g/mol. The van der Waals surface area contributed by atoms with Crippen molar-refractivity contribution in [2.75, 3.05) is 6.61 Å². The van der Waals surface area contributed by atoms with Crippen LogP contribution in [0.3, 0.4) is 0 Å². The van der Waals surface area contributed by atoms with Gasteiger partial charge < -0.3 is 4.74 Å². The number of aryl methyl sites for hydroxylation is 1. The first-order valence-electron chi connectivity index (χ1n) is 5.09. The van der Waals surface area contributed by atoms with Gasteiger partial charge in [0.05, 0.1) is 6.61 Å². The molecule has 0 aliphatic rings. The maximum absolute atomic E-state index is 11.5. The number of hydrogen-bond donors (Lipinski definition) is 0. The summed E-state index contributed by atoms with van der Waals surface area (Å²) in [6.07, 6.45) is 0.860. The molecular weight excluding hydrogens is 212 g/mol. The maximum atomic E-state index is 11.5. The summed E-state index contributed by atoms with van der Waals surface area (Å²) >= 11 is 6.04. The first-order valence-corrected chi connectivity index (χ1v) is 5.52. The smallest absolute Gasteiger partial charge is 0.328 e. The van der Waals surface area contributed by atoms with Gasteiger partial charge in [0.25, 0.3) is 0 Å². The lowest BCUT2D eigenvalue weighted by molar-refractivity contribution is -0.142. The molecule has 1 atom stereocenters. The Balaban J connectivity index is 2.89. The SMILES string of the molecule is CCOC(=O)C(Cl)c1ccccc1CC. The Labute approximate surface area is 95.2 Å². The number of alkyl halides is 1. The van der Waals surface area contributed by atoms with E-state index in [4.69, 9.17) is 16.3 Å². The number of esters is 1. The van der Waals surface area contributed by atoms with Crippen molar-refractivity contribution in [3.63, 3.8) is 0 Å². The largest absolute Gasteiger partial charge is 0.465 e. The minimum absolute atomic E-state index is 0.357. The average Bonchev–Trinajstić information content (AvgIpc) is 2.28. The molecular formula is C12H15ClO2. The molecule has 0 heterocycles. The molecule has 3 heteroatoms. The standard InChI is InChI=1S/C12H15ClO2/c1-3-9-7-5-6-8-10(9)11(13)12(14)15-4-2/h5-8,11H,3-4H2,1-2H3. The lowest BCUT2D eigenvalue weighted by Gasteiger charge is -2.12. The molecule has 15 heavy (non-hydrogen) atoms. The predicted molar refractivity (Wildman–Crippen MR) is 61.0 cm³/mol. The van der Waals surface area contributed by atoms with Crippen LogP contribution in [-0.4, -0.2) is 12.6 Å². The summed E-state index contributed by atoms with van der Waals surface area (Å²) in [6, 6.07) is 7.66. The fraction of sp³-hybridized carbons (Fsp3) is 0.417. The predicted octanol–water partition coefficient (Wildman–Crippen LogP) is 3.09. The number of rotatable bonds is 4. The van der Waals surface area contributed by atoms with Crippen LogP contribution < -0.4 is 0 Å². The van der Waals surface area contributed by atoms with Gasteiger partial charge in [0.15, 0.2) is 5.38 Å². The highest BCUT2D eigenvalue weighted by atomic mass is 35.5. The van der Waals surface area contributed by atoms with Gasteiger partial charge in [-0.15, -0.1) is 11.6 Å². The number of ether oxygens (including phenoxy) is 1. The third-order valence-electron chi connectivity index (χ3n) is 2.20. The molecule has 0 radical (unpaired) electrons. The van der Waals surface area contributed by atoms with E-state index in [-0.39, 0.29) is 5.97 Å². The quantitative estimate of drug-likeness (QED) is 0.583. The van der Waals surface area contributed by atoms with E-state index >= 15 is 0 Å². The van der Waals surface area contributed by atoms with Gasteiger partial charge in [-0.3, -0.25) is 4.79 Å². The summed E-state index contributed by atoms with van der Waals surface area (Å²) in [5.74, 6) is -0.375. The van der Waals surface area contributed by atoms with Gasteiger partial charge in [0.2, 0.25) is 0 Å². The second-order valence-electron chi connectivity index (χ2n) is 3.17. The van der Waals surface area contributed by atoms with E-state index < -0.39 is 5.38 Å². The molecule has 2 nitrogen and oxygen atoms in total.